The Morgan fingerprint density at radius 1 is 1.10 bits per heavy atom. The Kier molecular flexibility index (Phi) is 5.67. The molecule has 0 spiro atoms. The van der Waals surface area contributed by atoms with Crippen LogP contribution in [0.15, 0.2) is 61.2 Å². The van der Waals surface area contributed by atoms with Gasteiger partial charge in [0.1, 0.15) is 17.2 Å². The lowest BCUT2D eigenvalue weighted by Crippen LogP contribution is -2.03. The van der Waals surface area contributed by atoms with Gasteiger partial charge in [0.15, 0.2) is 0 Å². The third-order valence-electron chi connectivity index (χ3n) is 4.79. The number of ether oxygens (including phenoxy) is 1. The van der Waals surface area contributed by atoms with Crippen molar-refractivity contribution in [1.29, 1.82) is 0 Å². The summed E-state index contributed by atoms with van der Waals surface area (Å²) in [5.41, 5.74) is 10.1. The molecule has 0 radical (unpaired) electrons. The first-order valence-electron chi connectivity index (χ1n) is 9.65. The van der Waals surface area contributed by atoms with E-state index in [1.165, 1.54) is 25.9 Å². The maximum absolute atomic E-state index is 5.81. The Morgan fingerprint density at radius 3 is 2.62 bits per heavy atom. The SMILES string of the molecule is C1CCNC1.COc1cc2ncc(-c3cccc(N)n3)n2cc1-c1cccnc1. The molecule has 5 rings (SSSR count). The molecule has 7 nitrogen and oxygen atoms in total. The molecule has 7 heteroatoms. The molecule has 1 fully saturated rings. The third kappa shape index (κ3) is 4.20. The van der Waals surface area contributed by atoms with E-state index in [1.54, 1.807) is 31.8 Å². The summed E-state index contributed by atoms with van der Waals surface area (Å²) in [7, 11) is 1.65. The zero-order valence-electron chi connectivity index (χ0n) is 16.4. The van der Waals surface area contributed by atoms with Gasteiger partial charge in [-0.15, -0.1) is 0 Å². The van der Waals surface area contributed by atoms with Crippen molar-refractivity contribution in [3.8, 4) is 28.3 Å². The first-order valence-corrected chi connectivity index (χ1v) is 9.65. The number of methoxy groups -OCH3 is 1. The fraction of sp³-hybridized carbons (Fsp3) is 0.227. The summed E-state index contributed by atoms with van der Waals surface area (Å²) >= 11 is 0. The molecule has 4 aromatic heterocycles. The van der Waals surface area contributed by atoms with Crippen LogP contribution in [0.5, 0.6) is 5.75 Å². The predicted molar refractivity (Wildman–Crippen MR) is 115 cm³/mol. The van der Waals surface area contributed by atoms with Gasteiger partial charge in [0.2, 0.25) is 0 Å². The molecule has 0 saturated carbocycles. The molecule has 3 N–H and O–H groups in total. The number of hydrogen-bond donors (Lipinski definition) is 2. The van der Waals surface area contributed by atoms with Gasteiger partial charge >= 0.3 is 0 Å². The number of hydrogen-bond acceptors (Lipinski definition) is 6. The van der Waals surface area contributed by atoms with Crippen molar-refractivity contribution >= 4 is 11.5 Å². The minimum Gasteiger partial charge on any atom is -0.496 e. The largest absolute Gasteiger partial charge is 0.496 e. The topological polar surface area (TPSA) is 90.4 Å². The molecule has 148 valence electrons. The first-order chi connectivity index (χ1) is 14.3. The maximum Gasteiger partial charge on any atom is 0.140 e. The highest BCUT2D eigenvalue weighted by Gasteiger charge is 2.13. The fourth-order valence-electron chi connectivity index (χ4n) is 3.32. The minimum absolute atomic E-state index is 0.475. The standard InChI is InChI=1S/C18H15N5O.C4H9N/c1-24-16-8-18-21-10-15(14-5-2-6-17(19)22-14)23(18)11-13(16)12-4-3-7-20-9-12;1-2-4-5-3-1/h2-11H,1H3,(H2,19,22);5H,1-4H2. The molecule has 5 heterocycles. The summed E-state index contributed by atoms with van der Waals surface area (Å²) in [6.07, 6.45) is 10.1. The van der Waals surface area contributed by atoms with Crippen LogP contribution in [-0.4, -0.2) is 39.6 Å². The van der Waals surface area contributed by atoms with Crippen molar-refractivity contribution in [2.24, 2.45) is 0 Å². The summed E-state index contributed by atoms with van der Waals surface area (Å²) in [6, 6.07) is 11.3. The van der Waals surface area contributed by atoms with Crippen LogP contribution in [0.2, 0.25) is 0 Å². The van der Waals surface area contributed by atoms with Crippen LogP contribution in [0, 0.1) is 0 Å². The van der Waals surface area contributed by atoms with Crippen LogP contribution in [0.25, 0.3) is 28.2 Å². The van der Waals surface area contributed by atoms with Gasteiger partial charge in [-0.3, -0.25) is 9.38 Å². The molecule has 0 bridgehead atoms. The molecule has 4 aromatic rings. The minimum atomic E-state index is 0.475. The fourth-order valence-corrected chi connectivity index (χ4v) is 3.32. The molecule has 1 aliphatic rings. The van der Waals surface area contributed by atoms with Gasteiger partial charge in [-0.1, -0.05) is 12.1 Å². The number of rotatable bonds is 3. The van der Waals surface area contributed by atoms with E-state index in [-0.39, 0.29) is 0 Å². The molecule has 0 amide bonds. The van der Waals surface area contributed by atoms with E-state index in [9.17, 15) is 0 Å². The number of anilines is 1. The number of aromatic nitrogens is 4. The lowest BCUT2D eigenvalue weighted by atomic mass is 10.1. The summed E-state index contributed by atoms with van der Waals surface area (Å²) in [4.78, 5) is 13.0. The Labute approximate surface area is 169 Å². The van der Waals surface area contributed by atoms with Crippen molar-refractivity contribution in [3.05, 3.63) is 61.2 Å². The van der Waals surface area contributed by atoms with Crippen LogP contribution in [0.1, 0.15) is 12.8 Å². The Bertz CT molecular complexity index is 1080. The highest BCUT2D eigenvalue weighted by atomic mass is 16.5. The molecular weight excluding hydrogens is 364 g/mol. The lowest BCUT2D eigenvalue weighted by molar-refractivity contribution is 0.416. The molecule has 0 aliphatic carbocycles. The number of pyridine rings is 3. The maximum atomic E-state index is 5.81. The molecular formula is C22H24N6O. The van der Waals surface area contributed by atoms with Gasteiger partial charge in [0.25, 0.3) is 0 Å². The number of imidazole rings is 1. The number of nitrogens with one attached hydrogen (secondary N) is 1. The second-order valence-electron chi connectivity index (χ2n) is 6.77. The van der Waals surface area contributed by atoms with Crippen LogP contribution < -0.4 is 15.8 Å². The lowest BCUT2D eigenvalue weighted by Gasteiger charge is -2.10. The van der Waals surface area contributed by atoms with Gasteiger partial charge in [-0.05, 0) is 44.1 Å². The first kappa shape index (κ1) is 18.9. The Hall–Kier alpha value is -3.45. The molecule has 1 saturated heterocycles. The number of fused-ring (bicyclic) bond motifs is 1. The number of nitrogens with two attached hydrogens (primary N) is 1. The smallest absolute Gasteiger partial charge is 0.140 e. The third-order valence-corrected chi connectivity index (χ3v) is 4.79. The van der Waals surface area contributed by atoms with Gasteiger partial charge < -0.3 is 15.8 Å². The van der Waals surface area contributed by atoms with Crippen molar-refractivity contribution in [2.45, 2.75) is 12.8 Å². The summed E-state index contributed by atoms with van der Waals surface area (Å²) in [5, 5.41) is 3.22. The van der Waals surface area contributed by atoms with E-state index in [1.807, 2.05) is 40.9 Å². The molecule has 0 atom stereocenters. The Morgan fingerprint density at radius 2 is 1.97 bits per heavy atom. The van der Waals surface area contributed by atoms with E-state index in [2.05, 4.69) is 20.3 Å². The predicted octanol–water partition coefficient (Wildman–Crippen LogP) is 3.42. The van der Waals surface area contributed by atoms with E-state index < -0.39 is 0 Å². The molecule has 29 heavy (non-hydrogen) atoms. The van der Waals surface area contributed by atoms with E-state index in [0.717, 1.165) is 33.9 Å². The summed E-state index contributed by atoms with van der Waals surface area (Å²) in [6.45, 7) is 2.50. The van der Waals surface area contributed by atoms with Crippen LogP contribution >= 0.6 is 0 Å². The summed E-state index contributed by atoms with van der Waals surface area (Å²) in [5.74, 6) is 1.22. The van der Waals surface area contributed by atoms with Crippen molar-refractivity contribution in [3.63, 3.8) is 0 Å². The zero-order valence-corrected chi connectivity index (χ0v) is 16.4. The monoisotopic (exact) mass is 388 g/mol. The van der Waals surface area contributed by atoms with E-state index in [0.29, 0.717) is 5.82 Å². The highest BCUT2D eigenvalue weighted by molar-refractivity contribution is 5.74. The van der Waals surface area contributed by atoms with E-state index >= 15 is 0 Å². The second kappa shape index (κ2) is 8.70. The van der Waals surface area contributed by atoms with Gasteiger partial charge in [-0.25, -0.2) is 9.97 Å². The second-order valence-corrected chi connectivity index (χ2v) is 6.77. The van der Waals surface area contributed by atoms with Gasteiger partial charge in [0, 0.05) is 35.8 Å². The van der Waals surface area contributed by atoms with Crippen molar-refractivity contribution in [2.75, 3.05) is 25.9 Å². The van der Waals surface area contributed by atoms with E-state index in [4.69, 9.17) is 10.5 Å². The van der Waals surface area contributed by atoms with Crippen LogP contribution in [-0.2, 0) is 0 Å². The summed E-state index contributed by atoms with van der Waals surface area (Å²) < 4.78 is 7.50. The van der Waals surface area contributed by atoms with Crippen molar-refractivity contribution < 1.29 is 4.74 Å². The molecule has 0 aromatic carbocycles. The Balaban J connectivity index is 0.000000359. The van der Waals surface area contributed by atoms with Gasteiger partial charge in [-0.2, -0.15) is 0 Å². The quantitative estimate of drug-likeness (QED) is 0.559. The van der Waals surface area contributed by atoms with Crippen molar-refractivity contribution in [1.82, 2.24) is 24.7 Å². The van der Waals surface area contributed by atoms with Crippen LogP contribution in [0.4, 0.5) is 5.82 Å². The molecule has 1 aliphatic heterocycles. The molecule has 0 unspecified atom stereocenters. The van der Waals surface area contributed by atoms with Gasteiger partial charge in [0.05, 0.1) is 24.7 Å². The van der Waals surface area contributed by atoms with Crippen LogP contribution in [0.3, 0.4) is 0 Å². The normalized spacial score (nSPS) is 13.1. The average Bonchev–Trinajstić information content (AvgIpc) is 3.46. The average molecular weight is 388 g/mol. The zero-order chi connectivity index (χ0) is 20.1. The number of nitrogen functional groups attached to an aromatic ring is 1. The highest BCUT2D eigenvalue weighted by Crippen LogP contribution is 2.32. The number of nitrogens with zero attached hydrogens (tertiary/aromatic N) is 4.